The average molecular weight is 470 g/mol. The lowest BCUT2D eigenvalue weighted by Crippen LogP contribution is -2.74. The summed E-state index contributed by atoms with van der Waals surface area (Å²) >= 11 is 0. The van der Waals surface area contributed by atoms with Crippen molar-refractivity contribution in [3.05, 3.63) is 64.8 Å². The van der Waals surface area contributed by atoms with E-state index in [2.05, 4.69) is 26.1 Å². The second-order valence-electron chi connectivity index (χ2n) is 10.7. The Hall–Kier alpha value is -2.83. The number of hydrogen-bond donors (Lipinski definition) is 1. The number of benzene rings is 2. The van der Waals surface area contributed by atoms with Crippen LogP contribution in [0.5, 0.6) is 0 Å². The number of nitrogens with one attached hydrogen (secondary N) is 1. The molecule has 6 rings (SSSR count). The summed E-state index contributed by atoms with van der Waals surface area (Å²) in [5.41, 5.74) is 2.60. The molecule has 3 saturated carbocycles. The molecule has 7 heteroatoms. The zero-order valence-corrected chi connectivity index (χ0v) is 19.8. The number of halogens is 3. The van der Waals surface area contributed by atoms with E-state index in [4.69, 9.17) is 5.10 Å². The maximum Gasteiger partial charge on any atom is 0.416 e. The standard InChI is InChI=1S/C27H30F3N3O/c1-4-25-14-26(15-25,16-25)31-24(34)23-22-19(6-5-7-21(22)33(32-23)13-17(2)3)12-18-8-10-20(11-9-18)27(28,29)30/h5-11,17H,4,12-16H2,1-3H3,(H,31,34). The molecular weight excluding hydrogens is 439 g/mol. The summed E-state index contributed by atoms with van der Waals surface area (Å²) in [6.45, 7) is 7.09. The monoisotopic (exact) mass is 469 g/mol. The Bertz CT molecular complexity index is 1220. The van der Waals surface area contributed by atoms with Crippen molar-refractivity contribution in [1.29, 1.82) is 0 Å². The second kappa shape index (κ2) is 7.85. The number of aromatic nitrogens is 2. The molecule has 1 aromatic heterocycles. The van der Waals surface area contributed by atoms with Gasteiger partial charge < -0.3 is 5.32 Å². The molecule has 3 aliphatic rings. The molecule has 2 bridgehead atoms. The van der Waals surface area contributed by atoms with Gasteiger partial charge in [-0.3, -0.25) is 9.48 Å². The maximum atomic E-state index is 13.4. The number of carbonyl (C=O) groups excluding carboxylic acids is 1. The third-order valence-electron chi connectivity index (χ3n) is 7.56. The molecule has 1 heterocycles. The van der Waals surface area contributed by atoms with Crippen LogP contribution in [0.4, 0.5) is 13.2 Å². The quantitative estimate of drug-likeness (QED) is 0.437. The smallest absolute Gasteiger partial charge is 0.345 e. The molecule has 3 fully saturated rings. The number of fused-ring (bicyclic) bond motifs is 1. The zero-order valence-electron chi connectivity index (χ0n) is 19.8. The number of hydrogen-bond acceptors (Lipinski definition) is 2. The molecule has 3 aliphatic carbocycles. The van der Waals surface area contributed by atoms with E-state index >= 15 is 0 Å². The fraction of sp³-hybridized carbons (Fsp3) is 0.481. The molecule has 34 heavy (non-hydrogen) atoms. The SMILES string of the molecule is CCC12CC(NC(=O)c3nn(CC(C)C)c4cccc(Cc5ccc(C(F)(F)F)cc5)c34)(C1)C2. The Morgan fingerprint density at radius 2 is 1.79 bits per heavy atom. The molecule has 180 valence electrons. The summed E-state index contributed by atoms with van der Waals surface area (Å²) < 4.78 is 40.8. The van der Waals surface area contributed by atoms with Crippen molar-refractivity contribution >= 4 is 16.8 Å². The summed E-state index contributed by atoms with van der Waals surface area (Å²) in [4.78, 5) is 13.4. The maximum absolute atomic E-state index is 13.4. The Morgan fingerprint density at radius 3 is 2.38 bits per heavy atom. The summed E-state index contributed by atoms with van der Waals surface area (Å²) in [5, 5.41) is 8.79. The van der Waals surface area contributed by atoms with Crippen molar-refractivity contribution in [2.75, 3.05) is 0 Å². The van der Waals surface area contributed by atoms with Gasteiger partial charge in [-0.25, -0.2) is 0 Å². The first kappa shape index (κ1) is 22.9. The molecule has 4 nitrogen and oxygen atoms in total. The molecule has 2 aromatic carbocycles. The number of carbonyl (C=O) groups is 1. The molecule has 3 aromatic rings. The molecule has 0 spiro atoms. The Balaban J connectivity index is 1.48. The Labute approximate surface area is 197 Å². The highest BCUT2D eigenvalue weighted by molar-refractivity contribution is 6.06. The van der Waals surface area contributed by atoms with E-state index < -0.39 is 11.7 Å². The van der Waals surface area contributed by atoms with Crippen LogP contribution in [0.25, 0.3) is 10.9 Å². The summed E-state index contributed by atoms with van der Waals surface area (Å²) in [6, 6.07) is 11.1. The van der Waals surface area contributed by atoms with Crippen molar-refractivity contribution in [1.82, 2.24) is 15.1 Å². The van der Waals surface area contributed by atoms with Gasteiger partial charge in [-0.15, -0.1) is 0 Å². The minimum Gasteiger partial charge on any atom is -0.345 e. The lowest BCUT2D eigenvalue weighted by atomic mass is 9.38. The van der Waals surface area contributed by atoms with Crippen LogP contribution in [0.3, 0.4) is 0 Å². The average Bonchev–Trinajstić information content (AvgIpc) is 3.08. The molecule has 0 atom stereocenters. The van der Waals surface area contributed by atoms with E-state index in [1.54, 1.807) is 0 Å². The minimum atomic E-state index is -4.36. The highest BCUT2D eigenvalue weighted by Gasteiger charge is 2.67. The van der Waals surface area contributed by atoms with Gasteiger partial charge in [0.1, 0.15) is 0 Å². The molecule has 0 saturated heterocycles. The van der Waals surface area contributed by atoms with Gasteiger partial charge in [-0.05, 0) is 66.3 Å². The number of nitrogens with zero attached hydrogens (tertiary/aromatic N) is 2. The van der Waals surface area contributed by atoms with Crippen molar-refractivity contribution in [3.63, 3.8) is 0 Å². The third-order valence-corrected chi connectivity index (χ3v) is 7.56. The molecule has 1 N–H and O–H groups in total. The Kier molecular flexibility index (Phi) is 5.30. The van der Waals surface area contributed by atoms with Crippen LogP contribution in [0, 0.1) is 11.3 Å². The van der Waals surface area contributed by atoms with Crippen LogP contribution < -0.4 is 5.32 Å². The van der Waals surface area contributed by atoms with Gasteiger partial charge in [0.05, 0.1) is 11.1 Å². The predicted octanol–water partition coefficient (Wildman–Crippen LogP) is 6.36. The van der Waals surface area contributed by atoms with Gasteiger partial charge in [-0.2, -0.15) is 18.3 Å². The summed E-state index contributed by atoms with van der Waals surface area (Å²) in [7, 11) is 0. The number of alkyl halides is 3. The van der Waals surface area contributed by atoms with Gasteiger partial charge in [-0.1, -0.05) is 51.5 Å². The van der Waals surface area contributed by atoms with E-state index in [9.17, 15) is 18.0 Å². The first-order chi connectivity index (χ1) is 16.0. The van der Waals surface area contributed by atoms with Crippen LogP contribution in [0.2, 0.25) is 0 Å². The highest BCUT2D eigenvalue weighted by atomic mass is 19.4. The summed E-state index contributed by atoms with van der Waals surface area (Å²) in [5.74, 6) is 0.191. The van der Waals surface area contributed by atoms with E-state index in [-0.39, 0.29) is 11.4 Å². The predicted molar refractivity (Wildman–Crippen MR) is 126 cm³/mol. The normalized spacial score (nSPS) is 23.6. The van der Waals surface area contributed by atoms with Gasteiger partial charge in [0.25, 0.3) is 5.91 Å². The lowest BCUT2D eigenvalue weighted by Gasteiger charge is -2.70. The van der Waals surface area contributed by atoms with Gasteiger partial charge in [0, 0.05) is 17.5 Å². The van der Waals surface area contributed by atoms with Gasteiger partial charge >= 0.3 is 6.18 Å². The molecule has 0 aliphatic heterocycles. The largest absolute Gasteiger partial charge is 0.416 e. The highest BCUT2D eigenvalue weighted by Crippen LogP contribution is 2.68. The molecule has 0 radical (unpaired) electrons. The topological polar surface area (TPSA) is 46.9 Å². The fourth-order valence-corrected chi connectivity index (χ4v) is 5.93. The second-order valence-corrected chi connectivity index (χ2v) is 10.7. The lowest BCUT2D eigenvalue weighted by molar-refractivity contribution is -0.149. The van der Waals surface area contributed by atoms with Crippen LogP contribution in [-0.4, -0.2) is 21.2 Å². The fourth-order valence-electron chi connectivity index (χ4n) is 5.93. The van der Waals surface area contributed by atoms with E-state index in [1.807, 2.05) is 22.9 Å². The van der Waals surface area contributed by atoms with Crippen molar-refractivity contribution in [2.24, 2.45) is 11.3 Å². The first-order valence-corrected chi connectivity index (χ1v) is 12.0. The third kappa shape index (κ3) is 3.89. The Morgan fingerprint density at radius 1 is 1.12 bits per heavy atom. The van der Waals surface area contributed by atoms with Gasteiger partial charge in [0.15, 0.2) is 5.69 Å². The van der Waals surface area contributed by atoms with Crippen LogP contribution >= 0.6 is 0 Å². The van der Waals surface area contributed by atoms with Crippen molar-refractivity contribution in [2.45, 2.75) is 71.1 Å². The van der Waals surface area contributed by atoms with Gasteiger partial charge in [0.2, 0.25) is 0 Å². The summed E-state index contributed by atoms with van der Waals surface area (Å²) in [6.07, 6.45) is 0.308. The first-order valence-electron chi connectivity index (χ1n) is 12.0. The molecule has 1 amide bonds. The minimum absolute atomic E-state index is 0.0936. The van der Waals surface area contributed by atoms with E-state index in [1.165, 1.54) is 12.1 Å². The molecular formula is C27H30F3N3O. The molecule has 0 unspecified atom stereocenters. The van der Waals surface area contributed by atoms with Crippen LogP contribution in [0.1, 0.15) is 73.6 Å². The van der Waals surface area contributed by atoms with Crippen LogP contribution in [-0.2, 0) is 19.1 Å². The van der Waals surface area contributed by atoms with E-state index in [0.29, 0.717) is 30.0 Å². The van der Waals surface area contributed by atoms with E-state index in [0.717, 1.165) is 59.8 Å². The number of rotatable bonds is 7. The number of amides is 1. The van der Waals surface area contributed by atoms with Crippen LogP contribution in [0.15, 0.2) is 42.5 Å². The van der Waals surface area contributed by atoms with Crippen molar-refractivity contribution in [3.8, 4) is 0 Å². The van der Waals surface area contributed by atoms with Crippen molar-refractivity contribution < 1.29 is 18.0 Å². The zero-order chi connectivity index (χ0) is 24.3.